The first-order valence-corrected chi connectivity index (χ1v) is 6.61. The maximum absolute atomic E-state index is 11.9. The molecule has 98 valence electrons. The lowest BCUT2D eigenvalue weighted by Gasteiger charge is -2.06. The van der Waals surface area contributed by atoms with Crippen LogP contribution in [0.4, 0.5) is 0 Å². The number of nitrogens with zero attached hydrogens (tertiary/aromatic N) is 1. The molecule has 1 aliphatic rings. The summed E-state index contributed by atoms with van der Waals surface area (Å²) >= 11 is 0. The molecule has 4 heteroatoms. The van der Waals surface area contributed by atoms with Crippen molar-refractivity contribution in [2.75, 3.05) is 19.7 Å². The monoisotopic (exact) mass is 248 g/mol. The minimum Gasteiger partial charge on any atom is -0.492 e. The largest absolute Gasteiger partial charge is 0.492 e. The highest BCUT2D eigenvalue weighted by Gasteiger charge is 2.20. The molecule has 0 unspecified atom stereocenters. The zero-order valence-electron chi connectivity index (χ0n) is 10.8. The standard InChI is InChI=1S/C14H20N2O2/c1-2-5-18-13-6-12(8-16-9-13)14(17)10-15-7-11-3-4-11/h6,8-9,11,15H,2-5,7,10H2,1H3. The van der Waals surface area contributed by atoms with Gasteiger partial charge in [0.25, 0.3) is 0 Å². The lowest BCUT2D eigenvalue weighted by atomic mass is 10.2. The van der Waals surface area contributed by atoms with Crippen LogP contribution in [0.15, 0.2) is 18.5 Å². The van der Waals surface area contributed by atoms with Gasteiger partial charge in [0, 0.05) is 11.8 Å². The molecule has 0 bridgehead atoms. The number of carbonyl (C=O) groups is 1. The smallest absolute Gasteiger partial charge is 0.178 e. The molecule has 0 aromatic carbocycles. The second kappa shape index (κ2) is 6.50. The quantitative estimate of drug-likeness (QED) is 0.715. The molecule has 1 N–H and O–H groups in total. The van der Waals surface area contributed by atoms with E-state index in [1.165, 1.54) is 12.8 Å². The Bertz CT molecular complexity index is 403. The molecule has 0 atom stereocenters. The SMILES string of the molecule is CCCOc1cncc(C(=O)CNCC2CC2)c1. The van der Waals surface area contributed by atoms with Crippen LogP contribution in [0.5, 0.6) is 5.75 Å². The Morgan fingerprint density at radius 3 is 3.06 bits per heavy atom. The molecule has 0 saturated heterocycles. The predicted octanol–water partition coefficient (Wildman–Crippen LogP) is 2.05. The highest BCUT2D eigenvalue weighted by atomic mass is 16.5. The van der Waals surface area contributed by atoms with Gasteiger partial charge in [-0.25, -0.2) is 0 Å². The average molecular weight is 248 g/mol. The first-order chi connectivity index (χ1) is 8.79. The van der Waals surface area contributed by atoms with Gasteiger partial charge in [-0.05, 0) is 37.8 Å². The molecule has 1 aromatic rings. The molecule has 0 spiro atoms. The number of Topliss-reactive ketones (excluding diaryl/α,β-unsaturated/α-hetero) is 1. The molecule has 2 rings (SSSR count). The van der Waals surface area contributed by atoms with Gasteiger partial charge in [-0.15, -0.1) is 0 Å². The summed E-state index contributed by atoms with van der Waals surface area (Å²) in [5.74, 6) is 1.53. The number of hydrogen-bond donors (Lipinski definition) is 1. The van der Waals surface area contributed by atoms with E-state index in [0.717, 1.165) is 18.9 Å². The number of carbonyl (C=O) groups excluding carboxylic acids is 1. The number of pyridine rings is 1. The zero-order valence-corrected chi connectivity index (χ0v) is 10.8. The molecule has 0 radical (unpaired) electrons. The van der Waals surface area contributed by atoms with Gasteiger partial charge in [-0.1, -0.05) is 6.92 Å². The molecule has 0 amide bonds. The summed E-state index contributed by atoms with van der Waals surface area (Å²) in [6, 6.07) is 1.77. The fourth-order valence-electron chi connectivity index (χ4n) is 1.68. The summed E-state index contributed by atoms with van der Waals surface area (Å²) in [4.78, 5) is 16.0. The lowest BCUT2D eigenvalue weighted by Crippen LogP contribution is -2.25. The van der Waals surface area contributed by atoms with E-state index in [9.17, 15) is 4.79 Å². The molecule has 4 nitrogen and oxygen atoms in total. The summed E-state index contributed by atoms with van der Waals surface area (Å²) in [5, 5.41) is 3.19. The predicted molar refractivity (Wildman–Crippen MR) is 69.9 cm³/mol. The topological polar surface area (TPSA) is 51.2 Å². The highest BCUT2D eigenvalue weighted by Crippen LogP contribution is 2.27. The van der Waals surface area contributed by atoms with Crippen LogP contribution >= 0.6 is 0 Å². The molecule has 18 heavy (non-hydrogen) atoms. The van der Waals surface area contributed by atoms with E-state index >= 15 is 0 Å². The molecule has 1 fully saturated rings. The van der Waals surface area contributed by atoms with Gasteiger partial charge in [0.2, 0.25) is 0 Å². The Hall–Kier alpha value is -1.42. The fourth-order valence-corrected chi connectivity index (χ4v) is 1.68. The van der Waals surface area contributed by atoms with Gasteiger partial charge in [0.1, 0.15) is 5.75 Å². The van der Waals surface area contributed by atoms with E-state index in [1.54, 1.807) is 18.5 Å². The van der Waals surface area contributed by atoms with E-state index in [2.05, 4.69) is 10.3 Å². The van der Waals surface area contributed by atoms with Crippen molar-refractivity contribution in [2.24, 2.45) is 5.92 Å². The van der Waals surface area contributed by atoms with Gasteiger partial charge in [-0.2, -0.15) is 0 Å². The summed E-state index contributed by atoms with van der Waals surface area (Å²) in [5.41, 5.74) is 0.618. The summed E-state index contributed by atoms with van der Waals surface area (Å²) < 4.78 is 5.46. The molecule has 1 aromatic heterocycles. The van der Waals surface area contributed by atoms with Crippen molar-refractivity contribution in [1.82, 2.24) is 10.3 Å². The van der Waals surface area contributed by atoms with Gasteiger partial charge in [0.15, 0.2) is 5.78 Å². The molecule has 1 aliphatic carbocycles. The van der Waals surface area contributed by atoms with Crippen molar-refractivity contribution in [2.45, 2.75) is 26.2 Å². The highest BCUT2D eigenvalue weighted by molar-refractivity contribution is 5.97. The average Bonchev–Trinajstić information content (AvgIpc) is 3.20. The summed E-state index contributed by atoms with van der Waals surface area (Å²) in [6.07, 6.45) is 6.78. The van der Waals surface area contributed by atoms with Gasteiger partial charge >= 0.3 is 0 Å². The Morgan fingerprint density at radius 2 is 2.33 bits per heavy atom. The summed E-state index contributed by atoms with van der Waals surface area (Å²) in [7, 11) is 0. The molecule has 1 saturated carbocycles. The van der Waals surface area contributed by atoms with E-state index in [-0.39, 0.29) is 5.78 Å². The Kier molecular flexibility index (Phi) is 4.70. The van der Waals surface area contributed by atoms with Crippen LogP contribution in [0, 0.1) is 5.92 Å². The van der Waals surface area contributed by atoms with Crippen molar-refractivity contribution in [3.8, 4) is 5.75 Å². The van der Waals surface area contributed by atoms with Gasteiger partial charge in [-0.3, -0.25) is 9.78 Å². The van der Waals surface area contributed by atoms with Crippen molar-refractivity contribution in [3.63, 3.8) is 0 Å². The second-order valence-corrected chi connectivity index (χ2v) is 4.76. The van der Waals surface area contributed by atoms with E-state index in [4.69, 9.17) is 4.74 Å². The van der Waals surface area contributed by atoms with Crippen molar-refractivity contribution >= 4 is 5.78 Å². The number of rotatable bonds is 8. The lowest BCUT2D eigenvalue weighted by molar-refractivity contribution is 0.0990. The second-order valence-electron chi connectivity index (χ2n) is 4.76. The van der Waals surface area contributed by atoms with Crippen LogP contribution in [0.3, 0.4) is 0 Å². The van der Waals surface area contributed by atoms with Crippen LogP contribution < -0.4 is 10.1 Å². The third-order valence-electron chi connectivity index (χ3n) is 2.92. The minimum absolute atomic E-state index is 0.0742. The van der Waals surface area contributed by atoms with E-state index in [1.807, 2.05) is 6.92 Å². The number of ketones is 1. The van der Waals surface area contributed by atoms with Crippen molar-refractivity contribution in [3.05, 3.63) is 24.0 Å². The summed E-state index contributed by atoms with van der Waals surface area (Å²) in [6.45, 7) is 4.03. The molecule has 1 heterocycles. The maximum atomic E-state index is 11.9. The van der Waals surface area contributed by atoms with Crippen LogP contribution in [0.2, 0.25) is 0 Å². The zero-order chi connectivity index (χ0) is 12.8. The first kappa shape index (κ1) is 13.0. The Morgan fingerprint density at radius 1 is 1.50 bits per heavy atom. The number of hydrogen-bond acceptors (Lipinski definition) is 4. The van der Waals surface area contributed by atoms with Crippen molar-refractivity contribution < 1.29 is 9.53 Å². The fraction of sp³-hybridized carbons (Fsp3) is 0.571. The van der Waals surface area contributed by atoms with Crippen LogP contribution in [0.25, 0.3) is 0 Å². The maximum Gasteiger partial charge on any atom is 0.178 e. The number of nitrogens with one attached hydrogen (secondary N) is 1. The normalized spacial score (nSPS) is 14.5. The third-order valence-corrected chi connectivity index (χ3v) is 2.92. The number of aromatic nitrogens is 1. The van der Waals surface area contributed by atoms with Crippen LogP contribution in [-0.4, -0.2) is 30.5 Å². The van der Waals surface area contributed by atoms with Crippen LogP contribution in [0.1, 0.15) is 36.5 Å². The molecule has 0 aliphatic heterocycles. The Balaban J connectivity index is 1.83. The number of ether oxygens (including phenoxy) is 1. The van der Waals surface area contributed by atoms with E-state index < -0.39 is 0 Å². The molecular weight excluding hydrogens is 228 g/mol. The molecular formula is C14H20N2O2. The first-order valence-electron chi connectivity index (χ1n) is 6.61. The van der Waals surface area contributed by atoms with Crippen LogP contribution in [-0.2, 0) is 0 Å². The van der Waals surface area contributed by atoms with E-state index in [0.29, 0.717) is 24.5 Å². The third kappa shape index (κ3) is 4.11. The van der Waals surface area contributed by atoms with Gasteiger partial charge in [0.05, 0.1) is 19.3 Å². The van der Waals surface area contributed by atoms with Crippen molar-refractivity contribution in [1.29, 1.82) is 0 Å². The van der Waals surface area contributed by atoms with Gasteiger partial charge < -0.3 is 10.1 Å². The minimum atomic E-state index is 0.0742. The Labute approximate surface area is 108 Å².